The maximum absolute atomic E-state index is 13.6. The first kappa shape index (κ1) is 20.9. The number of nitrogens with two attached hydrogens (primary N) is 2. The van der Waals surface area contributed by atoms with E-state index < -0.39 is 11.7 Å². The minimum Gasteiger partial charge on any atom is -0.398 e. The molecular formula is C22H16F3N7. The van der Waals surface area contributed by atoms with Gasteiger partial charge in [-0.2, -0.15) is 28.1 Å². The summed E-state index contributed by atoms with van der Waals surface area (Å²) in [7, 11) is 0. The molecule has 2 heterocycles. The zero-order valence-electron chi connectivity index (χ0n) is 16.5. The van der Waals surface area contributed by atoms with E-state index in [1.165, 1.54) is 30.6 Å². The van der Waals surface area contributed by atoms with Gasteiger partial charge in [-0.15, -0.1) is 0 Å². The van der Waals surface area contributed by atoms with Gasteiger partial charge in [0, 0.05) is 34.8 Å². The molecule has 10 heteroatoms. The van der Waals surface area contributed by atoms with Crippen LogP contribution < -0.4 is 11.5 Å². The van der Waals surface area contributed by atoms with Crippen molar-refractivity contribution in [1.82, 2.24) is 19.9 Å². The van der Waals surface area contributed by atoms with Crippen LogP contribution >= 0.6 is 0 Å². The fourth-order valence-corrected chi connectivity index (χ4v) is 2.99. The summed E-state index contributed by atoms with van der Waals surface area (Å²) in [6.45, 7) is 0. The second kappa shape index (κ2) is 8.42. The van der Waals surface area contributed by atoms with Crippen LogP contribution in [-0.2, 0) is 6.18 Å². The van der Waals surface area contributed by atoms with Gasteiger partial charge in [0.05, 0.1) is 5.56 Å². The Balaban J connectivity index is 1.91. The molecule has 0 bridgehead atoms. The number of nitrogens with zero attached hydrogens (tertiary/aromatic N) is 5. The molecule has 0 saturated heterocycles. The number of nitrogen functional groups attached to an aromatic ring is 1. The molecule has 160 valence electrons. The topological polar surface area (TPSA) is 116 Å². The molecule has 7 nitrogen and oxygen atoms in total. The summed E-state index contributed by atoms with van der Waals surface area (Å²) < 4.78 is 40.8. The Labute approximate surface area is 180 Å². The number of rotatable bonds is 4. The summed E-state index contributed by atoms with van der Waals surface area (Å²) in [5.74, 6) is -0.196. The van der Waals surface area contributed by atoms with E-state index in [9.17, 15) is 13.2 Å². The molecule has 0 atom stereocenters. The number of hydrogen-bond donors (Lipinski definition) is 2. The molecular weight excluding hydrogens is 419 g/mol. The number of para-hydroxylation sites is 1. The summed E-state index contributed by atoms with van der Waals surface area (Å²) in [4.78, 5) is 20.8. The lowest BCUT2D eigenvalue weighted by Gasteiger charge is -2.12. The van der Waals surface area contributed by atoms with Gasteiger partial charge in [0.15, 0.2) is 11.6 Å². The van der Waals surface area contributed by atoms with Crippen molar-refractivity contribution in [3.05, 3.63) is 84.2 Å². The molecule has 0 unspecified atom stereocenters. The fourth-order valence-electron chi connectivity index (χ4n) is 2.99. The van der Waals surface area contributed by atoms with Crippen molar-refractivity contribution >= 4 is 17.5 Å². The van der Waals surface area contributed by atoms with Crippen molar-refractivity contribution in [2.75, 3.05) is 5.73 Å². The van der Waals surface area contributed by atoms with Crippen molar-refractivity contribution < 1.29 is 13.2 Å². The molecule has 0 aliphatic carbocycles. The van der Waals surface area contributed by atoms with Gasteiger partial charge >= 0.3 is 6.18 Å². The average molecular weight is 435 g/mol. The molecule has 32 heavy (non-hydrogen) atoms. The third-order valence-corrected chi connectivity index (χ3v) is 4.49. The Morgan fingerprint density at radius 1 is 0.812 bits per heavy atom. The predicted octanol–water partition coefficient (Wildman–Crippen LogP) is 4.24. The lowest BCUT2D eigenvalue weighted by molar-refractivity contribution is -0.137. The summed E-state index contributed by atoms with van der Waals surface area (Å²) in [5.41, 5.74) is 12.3. The molecule has 4 N–H and O–H groups in total. The van der Waals surface area contributed by atoms with E-state index in [-0.39, 0.29) is 29.0 Å². The van der Waals surface area contributed by atoms with E-state index in [0.717, 1.165) is 6.07 Å². The Morgan fingerprint density at radius 2 is 1.47 bits per heavy atom. The third kappa shape index (κ3) is 4.38. The largest absolute Gasteiger partial charge is 0.417 e. The quantitative estimate of drug-likeness (QED) is 0.281. The van der Waals surface area contributed by atoms with Crippen molar-refractivity contribution in [3.63, 3.8) is 0 Å². The zero-order chi connectivity index (χ0) is 22.7. The number of halogens is 3. The smallest absolute Gasteiger partial charge is 0.398 e. The van der Waals surface area contributed by atoms with Crippen LogP contribution in [0.2, 0.25) is 0 Å². The van der Waals surface area contributed by atoms with Gasteiger partial charge in [0.1, 0.15) is 5.84 Å². The molecule has 0 fully saturated rings. The van der Waals surface area contributed by atoms with Crippen LogP contribution in [-0.4, -0.2) is 25.8 Å². The maximum atomic E-state index is 13.6. The Kier molecular flexibility index (Phi) is 5.50. The molecule has 4 rings (SSSR count). The number of hydrogen-bond acceptors (Lipinski definition) is 6. The minimum atomic E-state index is -4.60. The lowest BCUT2D eigenvalue weighted by Crippen LogP contribution is -2.15. The van der Waals surface area contributed by atoms with E-state index in [1.54, 1.807) is 36.4 Å². The van der Waals surface area contributed by atoms with Crippen molar-refractivity contribution in [2.45, 2.75) is 6.18 Å². The molecule has 0 amide bonds. The molecule has 0 spiro atoms. The zero-order valence-corrected chi connectivity index (χ0v) is 16.5. The highest BCUT2D eigenvalue weighted by Crippen LogP contribution is 2.36. The standard InChI is InChI=1S/C22H16F3N7/c23-22(24,25)16-7-3-1-5-14(16)20-30-19(13-9-11-28-12-10-13)31-21(32-20)29-18(27)15-6-2-4-8-17(15)26/h1-12H,26H2,(H2,27,29,30,31,32). The van der Waals surface area contributed by atoms with Crippen LogP contribution in [0, 0.1) is 0 Å². The van der Waals surface area contributed by atoms with Crippen molar-refractivity contribution in [2.24, 2.45) is 10.7 Å². The third-order valence-electron chi connectivity index (χ3n) is 4.49. The Bertz CT molecular complexity index is 1290. The van der Waals surface area contributed by atoms with Crippen molar-refractivity contribution in [3.8, 4) is 22.8 Å². The van der Waals surface area contributed by atoms with Gasteiger partial charge in [-0.3, -0.25) is 4.98 Å². The summed E-state index contributed by atoms with van der Waals surface area (Å²) >= 11 is 0. The van der Waals surface area contributed by atoms with Crippen LogP contribution in [0.4, 0.5) is 24.8 Å². The van der Waals surface area contributed by atoms with Gasteiger partial charge < -0.3 is 11.5 Å². The number of benzene rings is 2. The van der Waals surface area contributed by atoms with Crippen LogP contribution in [0.25, 0.3) is 22.8 Å². The van der Waals surface area contributed by atoms with Crippen LogP contribution in [0.15, 0.2) is 78.0 Å². The van der Waals surface area contributed by atoms with Crippen LogP contribution in [0.5, 0.6) is 0 Å². The number of amidine groups is 1. The molecule has 0 aliphatic rings. The van der Waals surface area contributed by atoms with Crippen LogP contribution in [0.3, 0.4) is 0 Å². The SMILES string of the molecule is NC(=Nc1nc(-c2ccncc2)nc(-c2ccccc2C(F)(F)F)n1)c1ccccc1N. The second-order valence-electron chi connectivity index (χ2n) is 6.65. The van der Waals surface area contributed by atoms with E-state index >= 15 is 0 Å². The summed E-state index contributed by atoms with van der Waals surface area (Å²) in [6, 6.07) is 15.1. The Morgan fingerprint density at radius 3 is 2.19 bits per heavy atom. The fraction of sp³-hybridized carbons (Fsp3) is 0.0455. The first-order chi connectivity index (χ1) is 15.3. The minimum absolute atomic E-state index is 0.0186. The van der Waals surface area contributed by atoms with Crippen LogP contribution in [0.1, 0.15) is 11.1 Å². The normalized spacial score (nSPS) is 12.0. The summed E-state index contributed by atoms with van der Waals surface area (Å²) in [5, 5.41) is 0. The van der Waals surface area contributed by atoms with Gasteiger partial charge in [0.2, 0.25) is 0 Å². The first-order valence-corrected chi connectivity index (χ1v) is 9.35. The van der Waals surface area contributed by atoms with E-state index in [0.29, 0.717) is 16.8 Å². The maximum Gasteiger partial charge on any atom is 0.417 e. The number of pyridine rings is 1. The van der Waals surface area contributed by atoms with Crippen molar-refractivity contribution in [1.29, 1.82) is 0 Å². The highest BCUT2D eigenvalue weighted by molar-refractivity contribution is 6.02. The van der Waals surface area contributed by atoms with Gasteiger partial charge in [0.25, 0.3) is 5.95 Å². The van der Waals surface area contributed by atoms with E-state index in [4.69, 9.17) is 11.5 Å². The number of aromatic nitrogens is 4. The monoisotopic (exact) mass is 435 g/mol. The van der Waals surface area contributed by atoms with Gasteiger partial charge in [-0.25, -0.2) is 4.98 Å². The molecule has 0 saturated carbocycles. The summed E-state index contributed by atoms with van der Waals surface area (Å²) in [6.07, 6.45) is -1.56. The molecule has 0 radical (unpaired) electrons. The number of aliphatic imine (C=N–C) groups is 1. The molecule has 2 aromatic carbocycles. The molecule has 2 aromatic heterocycles. The first-order valence-electron chi connectivity index (χ1n) is 9.35. The number of alkyl halides is 3. The second-order valence-corrected chi connectivity index (χ2v) is 6.65. The average Bonchev–Trinajstić information content (AvgIpc) is 2.79. The van der Waals surface area contributed by atoms with Gasteiger partial charge in [-0.1, -0.05) is 30.3 Å². The van der Waals surface area contributed by atoms with E-state index in [2.05, 4.69) is 24.9 Å². The number of anilines is 1. The molecule has 0 aliphatic heterocycles. The highest BCUT2D eigenvalue weighted by Gasteiger charge is 2.34. The highest BCUT2D eigenvalue weighted by atomic mass is 19.4. The predicted molar refractivity (Wildman–Crippen MR) is 115 cm³/mol. The lowest BCUT2D eigenvalue weighted by atomic mass is 10.1. The van der Waals surface area contributed by atoms with E-state index in [1.807, 2.05) is 0 Å². The Hall–Kier alpha value is -4.34. The van der Waals surface area contributed by atoms with Gasteiger partial charge in [-0.05, 0) is 30.3 Å². The molecule has 4 aromatic rings.